The number of hydrogen-bond donors (Lipinski definition) is 0. The quantitative estimate of drug-likeness (QED) is 0.326. The molecule has 0 aliphatic rings. The predicted molar refractivity (Wildman–Crippen MR) is 129 cm³/mol. The van der Waals surface area contributed by atoms with Crippen LogP contribution in [-0.4, -0.2) is 41.7 Å². The van der Waals surface area contributed by atoms with Gasteiger partial charge in [0.2, 0.25) is 11.7 Å². The van der Waals surface area contributed by atoms with Crippen molar-refractivity contribution in [2.45, 2.75) is 13.0 Å². The van der Waals surface area contributed by atoms with E-state index in [1.54, 1.807) is 55.5 Å². The van der Waals surface area contributed by atoms with Gasteiger partial charge in [0.25, 0.3) is 5.91 Å². The number of rotatable bonds is 9. The van der Waals surface area contributed by atoms with Gasteiger partial charge in [-0.3, -0.25) is 4.79 Å². The third kappa shape index (κ3) is 5.38. The molecule has 4 aromatic rings. The Morgan fingerprint density at radius 2 is 1.71 bits per heavy atom. The van der Waals surface area contributed by atoms with E-state index in [1.165, 1.54) is 0 Å². The van der Waals surface area contributed by atoms with E-state index in [0.29, 0.717) is 53.3 Å². The van der Waals surface area contributed by atoms with Crippen LogP contribution in [0.5, 0.6) is 11.5 Å². The van der Waals surface area contributed by atoms with Crippen molar-refractivity contribution in [2.75, 3.05) is 20.8 Å². The Labute approximate surface area is 202 Å². The van der Waals surface area contributed by atoms with Gasteiger partial charge in [-0.25, -0.2) is 0 Å². The number of carbonyl (C=O) groups excluding carboxylic acids is 1. The third-order valence-corrected chi connectivity index (χ3v) is 5.64. The van der Waals surface area contributed by atoms with E-state index in [4.69, 9.17) is 25.6 Å². The molecule has 0 bridgehead atoms. The number of amides is 1. The first-order chi connectivity index (χ1) is 16.6. The molecular formula is C26H24ClN3O4. The highest BCUT2D eigenvalue weighted by atomic mass is 35.5. The van der Waals surface area contributed by atoms with E-state index in [1.807, 2.05) is 36.4 Å². The second kappa shape index (κ2) is 10.9. The lowest BCUT2D eigenvalue weighted by molar-refractivity contribution is 0.0742. The maximum absolute atomic E-state index is 13.3. The van der Waals surface area contributed by atoms with Crippen molar-refractivity contribution in [1.82, 2.24) is 15.0 Å². The Kier molecular flexibility index (Phi) is 7.44. The number of nitrogens with zero attached hydrogens (tertiary/aromatic N) is 3. The van der Waals surface area contributed by atoms with Gasteiger partial charge in [-0.15, -0.1) is 0 Å². The predicted octanol–water partition coefficient (Wildman–Crippen LogP) is 5.29. The summed E-state index contributed by atoms with van der Waals surface area (Å²) in [5.74, 6) is 1.89. The van der Waals surface area contributed by atoms with Crippen molar-refractivity contribution in [2.24, 2.45) is 0 Å². The summed E-state index contributed by atoms with van der Waals surface area (Å²) in [6.07, 6.45) is 0.392. The molecule has 0 atom stereocenters. The topological polar surface area (TPSA) is 77.7 Å². The van der Waals surface area contributed by atoms with Crippen LogP contribution in [0, 0.1) is 0 Å². The molecular weight excluding hydrogens is 454 g/mol. The van der Waals surface area contributed by atoms with Gasteiger partial charge in [0, 0.05) is 25.1 Å². The number of hydrogen-bond acceptors (Lipinski definition) is 6. The van der Waals surface area contributed by atoms with Gasteiger partial charge in [0.05, 0.1) is 24.8 Å². The van der Waals surface area contributed by atoms with Crippen LogP contribution in [0.25, 0.3) is 11.4 Å². The zero-order valence-corrected chi connectivity index (χ0v) is 19.7. The van der Waals surface area contributed by atoms with Crippen LogP contribution in [0.3, 0.4) is 0 Å². The summed E-state index contributed by atoms with van der Waals surface area (Å²) in [6, 6.07) is 22.2. The second-order valence-electron chi connectivity index (χ2n) is 7.52. The maximum atomic E-state index is 13.3. The van der Waals surface area contributed by atoms with Crippen LogP contribution in [-0.2, 0) is 13.0 Å². The van der Waals surface area contributed by atoms with Crippen molar-refractivity contribution in [1.29, 1.82) is 0 Å². The van der Waals surface area contributed by atoms with E-state index in [2.05, 4.69) is 10.1 Å². The van der Waals surface area contributed by atoms with Crippen molar-refractivity contribution in [3.8, 4) is 22.9 Å². The number of halogens is 1. The number of benzene rings is 3. The number of aromatic nitrogens is 2. The van der Waals surface area contributed by atoms with Crippen LogP contribution >= 0.6 is 11.6 Å². The van der Waals surface area contributed by atoms with Crippen molar-refractivity contribution in [3.05, 3.63) is 94.8 Å². The molecule has 4 rings (SSSR count). The molecule has 8 heteroatoms. The minimum Gasteiger partial charge on any atom is -0.493 e. The van der Waals surface area contributed by atoms with Gasteiger partial charge < -0.3 is 18.9 Å². The van der Waals surface area contributed by atoms with E-state index in [-0.39, 0.29) is 5.91 Å². The average molecular weight is 478 g/mol. The monoisotopic (exact) mass is 477 g/mol. The summed E-state index contributed by atoms with van der Waals surface area (Å²) < 4.78 is 16.1. The molecule has 1 aromatic heterocycles. The molecule has 0 aliphatic carbocycles. The Bertz CT molecular complexity index is 1260. The Balaban J connectivity index is 1.52. The van der Waals surface area contributed by atoms with Crippen LogP contribution in [0.15, 0.2) is 77.3 Å². The van der Waals surface area contributed by atoms with Crippen molar-refractivity contribution < 1.29 is 18.8 Å². The highest BCUT2D eigenvalue weighted by Crippen LogP contribution is 2.31. The van der Waals surface area contributed by atoms with Crippen molar-refractivity contribution in [3.63, 3.8) is 0 Å². The van der Waals surface area contributed by atoms with Gasteiger partial charge in [-0.1, -0.05) is 59.2 Å². The molecule has 0 aliphatic heterocycles. The number of methoxy groups -OCH3 is 2. The van der Waals surface area contributed by atoms with Crippen LogP contribution in [0.2, 0.25) is 5.02 Å². The molecule has 0 unspecified atom stereocenters. The minimum absolute atomic E-state index is 0.158. The fraction of sp³-hybridized carbons (Fsp3) is 0.192. The van der Waals surface area contributed by atoms with E-state index < -0.39 is 0 Å². The van der Waals surface area contributed by atoms with Crippen LogP contribution in [0.1, 0.15) is 21.8 Å². The van der Waals surface area contributed by atoms with E-state index in [9.17, 15) is 4.79 Å². The molecule has 0 saturated carbocycles. The first-order valence-electron chi connectivity index (χ1n) is 10.7. The van der Waals surface area contributed by atoms with Crippen molar-refractivity contribution >= 4 is 17.5 Å². The highest BCUT2D eigenvalue weighted by Gasteiger charge is 2.20. The maximum Gasteiger partial charge on any atom is 0.255 e. The molecule has 7 nitrogen and oxygen atoms in total. The molecule has 0 saturated heterocycles. The van der Waals surface area contributed by atoms with Gasteiger partial charge in [0.1, 0.15) is 0 Å². The standard InChI is InChI=1S/C26H24ClN3O4/c1-32-22-13-12-19(16-23(22)33-2)25-28-24(34-29-25)14-15-30(17-18-8-4-3-5-9-18)26(31)20-10-6-7-11-21(20)27/h3-13,16H,14-15,17H2,1-2H3. The molecule has 1 heterocycles. The summed E-state index contributed by atoms with van der Waals surface area (Å²) in [7, 11) is 3.15. The fourth-order valence-corrected chi connectivity index (χ4v) is 3.76. The number of carbonyl (C=O) groups is 1. The summed E-state index contributed by atoms with van der Waals surface area (Å²) >= 11 is 6.29. The molecule has 0 N–H and O–H groups in total. The van der Waals surface area contributed by atoms with Gasteiger partial charge in [-0.2, -0.15) is 4.98 Å². The molecule has 0 spiro atoms. The van der Waals surface area contributed by atoms with E-state index >= 15 is 0 Å². The average Bonchev–Trinajstić information content (AvgIpc) is 3.35. The summed E-state index contributed by atoms with van der Waals surface area (Å²) in [4.78, 5) is 19.5. The third-order valence-electron chi connectivity index (χ3n) is 5.31. The molecule has 0 radical (unpaired) electrons. The number of ether oxygens (including phenoxy) is 2. The Morgan fingerprint density at radius 3 is 2.44 bits per heavy atom. The first kappa shape index (κ1) is 23.3. The zero-order chi connectivity index (χ0) is 23.9. The molecule has 0 fully saturated rings. The summed E-state index contributed by atoms with van der Waals surface area (Å²) in [6.45, 7) is 0.814. The largest absolute Gasteiger partial charge is 0.493 e. The lowest BCUT2D eigenvalue weighted by atomic mass is 10.1. The lowest BCUT2D eigenvalue weighted by Gasteiger charge is -2.23. The van der Waals surface area contributed by atoms with Gasteiger partial charge in [0.15, 0.2) is 11.5 Å². The molecule has 34 heavy (non-hydrogen) atoms. The van der Waals surface area contributed by atoms with E-state index in [0.717, 1.165) is 11.1 Å². The highest BCUT2D eigenvalue weighted by molar-refractivity contribution is 6.33. The zero-order valence-electron chi connectivity index (χ0n) is 18.9. The second-order valence-corrected chi connectivity index (χ2v) is 7.93. The van der Waals surface area contributed by atoms with Crippen LogP contribution in [0.4, 0.5) is 0 Å². The summed E-state index contributed by atoms with van der Waals surface area (Å²) in [5.41, 5.74) is 2.21. The molecule has 1 amide bonds. The Hall–Kier alpha value is -3.84. The molecule has 3 aromatic carbocycles. The lowest BCUT2D eigenvalue weighted by Crippen LogP contribution is -2.32. The van der Waals surface area contributed by atoms with Crippen LogP contribution < -0.4 is 9.47 Å². The first-order valence-corrected chi connectivity index (χ1v) is 11.1. The molecule has 174 valence electrons. The SMILES string of the molecule is COc1ccc(-c2noc(CCN(Cc3ccccc3)C(=O)c3ccccc3Cl)n2)cc1OC. The normalized spacial score (nSPS) is 10.7. The van der Waals surface area contributed by atoms with Gasteiger partial charge >= 0.3 is 0 Å². The minimum atomic E-state index is -0.158. The summed E-state index contributed by atoms with van der Waals surface area (Å²) in [5, 5.41) is 4.51. The Morgan fingerprint density at radius 1 is 0.971 bits per heavy atom. The fourth-order valence-electron chi connectivity index (χ4n) is 3.54. The smallest absolute Gasteiger partial charge is 0.255 e. The van der Waals surface area contributed by atoms with Gasteiger partial charge in [-0.05, 0) is 35.9 Å².